The van der Waals surface area contributed by atoms with E-state index >= 15 is 0 Å². The van der Waals surface area contributed by atoms with Gasteiger partial charge < -0.3 is 19.9 Å². The number of aromatic nitrogens is 2. The van der Waals surface area contributed by atoms with E-state index in [0.29, 0.717) is 30.4 Å². The quantitative estimate of drug-likeness (QED) is 0.566. The number of carbonyl (C=O) groups is 2. The van der Waals surface area contributed by atoms with Crippen molar-refractivity contribution in [1.29, 1.82) is 0 Å². The zero-order valence-corrected chi connectivity index (χ0v) is 18.6. The number of methoxy groups -OCH3 is 2. The first-order chi connectivity index (χ1) is 14.8. The molecule has 8 nitrogen and oxygen atoms in total. The molecule has 0 bridgehead atoms. The molecule has 1 heterocycles. The van der Waals surface area contributed by atoms with Crippen molar-refractivity contribution in [3.8, 4) is 22.8 Å². The van der Waals surface area contributed by atoms with E-state index in [2.05, 4.69) is 10.4 Å². The highest BCUT2D eigenvalue weighted by molar-refractivity contribution is 5.94. The van der Waals surface area contributed by atoms with Gasteiger partial charge in [0.05, 0.1) is 31.9 Å². The first-order valence-corrected chi connectivity index (χ1v) is 10.6. The Hall–Kier alpha value is -3.03. The average Bonchev–Trinajstić information content (AvgIpc) is 3.43. The summed E-state index contributed by atoms with van der Waals surface area (Å²) in [4.78, 5) is 24.2. The van der Waals surface area contributed by atoms with E-state index in [-0.39, 0.29) is 23.9 Å². The minimum atomic E-state index is -0.940. The van der Waals surface area contributed by atoms with Crippen LogP contribution in [0.15, 0.2) is 24.3 Å². The van der Waals surface area contributed by atoms with Crippen molar-refractivity contribution in [2.45, 2.75) is 52.1 Å². The number of hydrogen-bond donors (Lipinski definition) is 2. The van der Waals surface area contributed by atoms with E-state index in [1.165, 1.54) is 0 Å². The SMILES string of the molecule is COc1cccc(OC)c1-c1cc(C(=O)N[C@H](CC(=O)O)CC(C)C)nn1CC1CC1. The molecule has 1 saturated carbocycles. The van der Waals surface area contributed by atoms with Crippen LogP contribution in [0.1, 0.15) is 50.0 Å². The predicted octanol–water partition coefficient (Wildman–Crippen LogP) is 3.60. The summed E-state index contributed by atoms with van der Waals surface area (Å²) < 4.78 is 12.9. The fraction of sp³-hybridized carbons (Fsp3) is 0.522. The molecule has 31 heavy (non-hydrogen) atoms. The van der Waals surface area contributed by atoms with Gasteiger partial charge in [-0.15, -0.1) is 0 Å². The number of carboxylic acid groups (broad SMARTS) is 1. The summed E-state index contributed by atoms with van der Waals surface area (Å²) in [6.45, 7) is 4.70. The van der Waals surface area contributed by atoms with Crippen LogP contribution in [0.25, 0.3) is 11.3 Å². The molecule has 1 atom stereocenters. The first kappa shape index (κ1) is 22.7. The van der Waals surface area contributed by atoms with Crippen molar-refractivity contribution >= 4 is 11.9 Å². The highest BCUT2D eigenvalue weighted by Gasteiger charge is 2.28. The molecule has 0 radical (unpaired) electrons. The second kappa shape index (κ2) is 9.85. The van der Waals surface area contributed by atoms with Gasteiger partial charge in [0.2, 0.25) is 0 Å². The van der Waals surface area contributed by atoms with Crippen molar-refractivity contribution in [2.24, 2.45) is 11.8 Å². The van der Waals surface area contributed by atoms with Gasteiger partial charge >= 0.3 is 5.97 Å². The lowest BCUT2D eigenvalue weighted by molar-refractivity contribution is -0.137. The maximum atomic E-state index is 13.0. The maximum Gasteiger partial charge on any atom is 0.305 e. The Morgan fingerprint density at radius 2 is 1.87 bits per heavy atom. The fourth-order valence-electron chi connectivity index (χ4n) is 3.75. The maximum absolute atomic E-state index is 13.0. The Balaban J connectivity index is 1.95. The van der Waals surface area contributed by atoms with E-state index in [9.17, 15) is 14.7 Å². The van der Waals surface area contributed by atoms with Crippen molar-refractivity contribution < 1.29 is 24.2 Å². The number of rotatable bonds is 11. The molecular weight excluding hydrogens is 398 g/mol. The molecule has 1 aliphatic carbocycles. The summed E-state index contributed by atoms with van der Waals surface area (Å²) in [5.41, 5.74) is 1.73. The van der Waals surface area contributed by atoms with Crippen LogP contribution in [0, 0.1) is 11.8 Å². The highest BCUT2D eigenvalue weighted by Crippen LogP contribution is 2.40. The summed E-state index contributed by atoms with van der Waals surface area (Å²) in [6, 6.07) is 6.81. The Bertz CT molecular complexity index is 911. The number of amides is 1. The highest BCUT2D eigenvalue weighted by atomic mass is 16.5. The molecule has 3 rings (SSSR count). The number of benzene rings is 1. The summed E-state index contributed by atoms with van der Waals surface area (Å²) in [7, 11) is 3.19. The molecule has 0 unspecified atom stereocenters. The second-order valence-electron chi connectivity index (χ2n) is 8.48. The largest absolute Gasteiger partial charge is 0.496 e. The third-order valence-electron chi connectivity index (χ3n) is 5.34. The van der Waals surface area contributed by atoms with Crippen molar-refractivity contribution in [3.05, 3.63) is 30.0 Å². The third kappa shape index (κ3) is 5.77. The Morgan fingerprint density at radius 1 is 1.23 bits per heavy atom. The zero-order valence-electron chi connectivity index (χ0n) is 18.6. The first-order valence-electron chi connectivity index (χ1n) is 10.6. The van der Waals surface area contributed by atoms with Gasteiger partial charge in [0, 0.05) is 12.6 Å². The molecule has 8 heteroatoms. The molecule has 0 spiro atoms. The minimum Gasteiger partial charge on any atom is -0.496 e. The molecule has 1 amide bonds. The summed E-state index contributed by atoms with van der Waals surface area (Å²) in [6.07, 6.45) is 2.73. The van der Waals surface area contributed by atoms with E-state index in [1.54, 1.807) is 20.3 Å². The van der Waals surface area contributed by atoms with Gasteiger partial charge in [0.1, 0.15) is 11.5 Å². The molecule has 168 valence electrons. The van der Waals surface area contributed by atoms with Crippen LogP contribution in [0.4, 0.5) is 0 Å². The normalized spacial score (nSPS) is 14.4. The number of hydrogen-bond acceptors (Lipinski definition) is 5. The standard InChI is InChI=1S/C23H31N3O5/c1-14(2)10-16(11-21(27)28)24-23(29)17-12-18(26(25-17)13-15-8-9-15)22-19(30-3)6-5-7-20(22)31-4/h5-7,12,14-16H,8-11,13H2,1-4H3,(H,24,29)(H,27,28)/t16-/m0/s1. The predicted molar refractivity (Wildman–Crippen MR) is 116 cm³/mol. The Morgan fingerprint density at radius 3 is 2.39 bits per heavy atom. The summed E-state index contributed by atoms with van der Waals surface area (Å²) in [5.74, 6) is 0.737. The topological polar surface area (TPSA) is 103 Å². The molecule has 1 fully saturated rings. The Kier molecular flexibility index (Phi) is 7.20. The van der Waals surface area contributed by atoms with E-state index in [4.69, 9.17) is 9.47 Å². The van der Waals surface area contributed by atoms with Gasteiger partial charge in [-0.05, 0) is 49.3 Å². The van der Waals surface area contributed by atoms with Gasteiger partial charge in [0.15, 0.2) is 5.69 Å². The monoisotopic (exact) mass is 429 g/mol. The second-order valence-corrected chi connectivity index (χ2v) is 8.48. The van der Waals surface area contributed by atoms with Crippen molar-refractivity contribution in [2.75, 3.05) is 14.2 Å². The van der Waals surface area contributed by atoms with Crippen LogP contribution in [0.5, 0.6) is 11.5 Å². The van der Waals surface area contributed by atoms with Gasteiger partial charge in [-0.25, -0.2) is 0 Å². The van der Waals surface area contributed by atoms with Gasteiger partial charge in [-0.1, -0.05) is 19.9 Å². The number of ether oxygens (including phenoxy) is 2. The van der Waals surface area contributed by atoms with E-state index < -0.39 is 12.0 Å². The molecule has 1 aliphatic rings. The van der Waals surface area contributed by atoms with Crippen LogP contribution < -0.4 is 14.8 Å². The number of nitrogens with one attached hydrogen (secondary N) is 1. The minimum absolute atomic E-state index is 0.125. The number of carboxylic acids is 1. The average molecular weight is 430 g/mol. The lowest BCUT2D eigenvalue weighted by Crippen LogP contribution is -2.37. The zero-order chi connectivity index (χ0) is 22.5. The van der Waals surface area contributed by atoms with Gasteiger partial charge in [-0.2, -0.15) is 5.10 Å². The van der Waals surface area contributed by atoms with E-state index in [0.717, 1.165) is 24.1 Å². The molecule has 0 saturated heterocycles. The van der Waals surface area contributed by atoms with Crippen molar-refractivity contribution in [3.63, 3.8) is 0 Å². The van der Waals surface area contributed by atoms with Gasteiger partial charge in [-0.3, -0.25) is 14.3 Å². The van der Waals surface area contributed by atoms with Crippen LogP contribution in [0.2, 0.25) is 0 Å². The number of aliphatic carboxylic acids is 1. The molecule has 1 aromatic heterocycles. The number of carbonyl (C=O) groups excluding carboxylic acids is 1. The summed E-state index contributed by atoms with van der Waals surface area (Å²) in [5, 5.41) is 16.6. The lowest BCUT2D eigenvalue weighted by Gasteiger charge is -2.18. The van der Waals surface area contributed by atoms with Crippen LogP contribution in [0.3, 0.4) is 0 Å². The Labute approximate surface area is 182 Å². The van der Waals surface area contributed by atoms with Crippen LogP contribution in [-0.2, 0) is 11.3 Å². The van der Waals surface area contributed by atoms with Crippen LogP contribution >= 0.6 is 0 Å². The fourth-order valence-corrected chi connectivity index (χ4v) is 3.75. The van der Waals surface area contributed by atoms with Gasteiger partial charge in [0.25, 0.3) is 5.91 Å². The van der Waals surface area contributed by atoms with Crippen LogP contribution in [-0.4, -0.2) is 47.0 Å². The summed E-state index contributed by atoms with van der Waals surface area (Å²) >= 11 is 0. The lowest BCUT2D eigenvalue weighted by atomic mass is 10.0. The molecule has 0 aliphatic heterocycles. The third-order valence-corrected chi connectivity index (χ3v) is 5.34. The van der Waals surface area contributed by atoms with Crippen molar-refractivity contribution in [1.82, 2.24) is 15.1 Å². The molecule has 2 aromatic rings. The smallest absolute Gasteiger partial charge is 0.305 e. The molecular formula is C23H31N3O5. The number of nitrogens with zero attached hydrogens (tertiary/aromatic N) is 2. The molecule has 2 N–H and O–H groups in total. The molecule has 1 aromatic carbocycles. The van der Waals surface area contributed by atoms with E-state index in [1.807, 2.05) is 36.7 Å².